The second-order valence-corrected chi connectivity index (χ2v) is 3.46. The highest BCUT2D eigenvalue weighted by molar-refractivity contribution is 5.83. The molecule has 1 aromatic carbocycles. The quantitative estimate of drug-likeness (QED) is 0.595. The molecule has 1 aromatic heterocycles. The molecule has 16 heavy (non-hydrogen) atoms. The van der Waals surface area contributed by atoms with Crippen LogP contribution in [0.15, 0.2) is 41.7 Å². The van der Waals surface area contributed by atoms with Crippen molar-refractivity contribution >= 4 is 10.8 Å². The van der Waals surface area contributed by atoms with E-state index in [9.17, 15) is 4.79 Å². The minimum absolute atomic E-state index is 0.150. The molecule has 0 bridgehead atoms. The number of fused-ring (bicyclic) bond motifs is 1. The van der Waals surface area contributed by atoms with Gasteiger partial charge in [0.25, 0.3) is 5.56 Å². The second kappa shape index (κ2) is 4.72. The maximum Gasteiger partial charge on any atom is 0.272 e. The van der Waals surface area contributed by atoms with Crippen LogP contribution in [0.5, 0.6) is 0 Å². The summed E-state index contributed by atoms with van der Waals surface area (Å²) in [5.41, 5.74) is 0.695. The van der Waals surface area contributed by atoms with Crippen LogP contribution in [0, 0.1) is 0 Å². The number of hydrogen-bond donors (Lipinski definition) is 2. The van der Waals surface area contributed by atoms with Gasteiger partial charge in [0.2, 0.25) is 0 Å². The van der Waals surface area contributed by atoms with E-state index in [0.717, 1.165) is 17.6 Å². The summed E-state index contributed by atoms with van der Waals surface area (Å²) in [5, 5.41) is 11.3. The first-order chi connectivity index (χ1) is 7.83. The Kier molecular flexibility index (Phi) is 3.12. The topological polar surface area (TPSA) is 57.8 Å². The number of aromatic nitrogens is 2. The van der Waals surface area contributed by atoms with Crippen LogP contribution < -0.4 is 10.9 Å². The number of hydrogen-bond acceptors (Lipinski definition) is 3. The summed E-state index contributed by atoms with van der Waals surface area (Å²) in [6.07, 6.45) is 1.79. The third kappa shape index (κ3) is 2.01. The van der Waals surface area contributed by atoms with Crippen LogP contribution in [-0.2, 0) is 6.54 Å². The Morgan fingerprint density at radius 3 is 2.88 bits per heavy atom. The van der Waals surface area contributed by atoms with Crippen molar-refractivity contribution in [2.24, 2.45) is 0 Å². The number of rotatable bonds is 4. The zero-order valence-electron chi connectivity index (χ0n) is 8.86. The van der Waals surface area contributed by atoms with Crippen molar-refractivity contribution in [2.75, 3.05) is 6.54 Å². The second-order valence-electron chi connectivity index (χ2n) is 3.46. The molecule has 2 rings (SSSR count). The minimum atomic E-state index is -0.150. The summed E-state index contributed by atoms with van der Waals surface area (Å²) in [4.78, 5) is 11.5. The lowest BCUT2D eigenvalue weighted by atomic mass is 10.1. The lowest BCUT2D eigenvalue weighted by Gasteiger charge is -2.04. The Balaban J connectivity index is 2.42. The van der Waals surface area contributed by atoms with Gasteiger partial charge in [-0.15, -0.1) is 6.58 Å². The van der Waals surface area contributed by atoms with Gasteiger partial charge in [-0.25, -0.2) is 5.10 Å². The molecule has 0 aliphatic carbocycles. The summed E-state index contributed by atoms with van der Waals surface area (Å²) in [5.74, 6) is 0. The van der Waals surface area contributed by atoms with Gasteiger partial charge in [-0.1, -0.05) is 24.3 Å². The molecule has 1 heterocycles. The molecule has 0 aliphatic rings. The van der Waals surface area contributed by atoms with Crippen LogP contribution in [0.25, 0.3) is 10.8 Å². The third-order valence-electron chi connectivity index (χ3n) is 2.36. The van der Waals surface area contributed by atoms with Crippen molar-refractivity contribution in [3.8, 4) is 0 Å². The highest BCUT2D eigenvalue weighted by Gasteiger charge is 2.04. The van der Waals surface area contributed by atoms with E-state index in [1.807, 2.05) is 18.2 Å². The Hall–Kier alpha value is -1.94. The van der Waals surface area contributed by atoms with E-state index < -0.39 is 0 Å². The molecule has 4 heteroatoms. The van der Waals surface area contributed by atoms with Crippen molar-refractivity contribution in [1.29, 1.82) is 0 Å². The molecule has 0 saturated carbocycles. The Bertz CT molecular complexity index is 559. The van der Waals surface area contributed by atoms with E-state index in [2.05, 4.69) is 22.1 Å². The van der Waals surface area contributed by atoms with Crippen LogP contribution in [0.2, 0.25) is 0 Å². The number of nitrogens with zero attached hydrogens (tertiary/aromatic N) is 1. The molecule has 0 radical (unpaired) electrons. The molecule has 0 unspecified atom stereocenters. The first-order valence-corrected chi connectivity index (χ1v) is 5.11. The average molecular weight is 215 g/mol. The van der Waals surface area contributed by atoms with Crippen LogP contribution in [-0.4, -0.2) is 16.7 Å². The van der Waals surface area contributed by atoms with E-state index in [4.69, 9.17) is 0 Å². The van der Waals surface area contributed by atoms with Crippen molar-refractivity contribution in [1.82, 2.24) is 15.5 Å². The van der Waals surface area contributed by atoms with E-state index in [1.165, 1.54) is 0 Å². The molecular formula is C12H13N3O. The lowest BCUT2D eigenvalue weighted by Crippen LogP contribution is -2.17. The zero-order valence-corrected chi connectivity index (χ0v) is 8.86. The van der Waals surface area contributed by atoms with Crippen LogP contribution in [0.3, 0.4) is 0 Å². The van der Waals surface area contributed by atoms with Gasteiger partial charge in [0, 0.05) is 18.5 Å². The van der Waals surface area contributed by atoms with Gasteiger partial charge in [0.1, 0.15) is 0 Å². The lowest BCUT2D eigenvalue weighted by molar-refractivity contribution is 0.730. The predicted octanol–water partition coefficient (Wildman–Crippen LogP) is 1.20. The first-order valence-electron chi connectivity index (χ1n) is 5.11. The van der Waals surface area contributed by atoms with Crippen molar-refractivity contribution in [3.05, 3.63) is 53.0 Å². The average Bonchev–Trinajstić information content (AvgIpc) is 2.33. The highest BCUT2D eigenvalue weighted by Crippen LogP contribution is 2.11. The van der Waals surface area contributed by atoms with Crippen LogP contribution in [0.1, 0.15) is 5.69 Å². The van der Waals surface area contributed by atoms with Gasteiger partial charge >= 0.3 is 0 Å². The molecule has 0 aliphatic heterocycles. The molecule has 0 spiro atoms. The molecule has 0 atom stereocenters. The maximum atomic E-state index is 11.5. The molecule has 82 valence electrons. The van der Waals surface area contributed by atoms with Crippen LogP contribution >= 0.6 is 0 Å². The molecule has 4 nitrogen and oxygen atoms in total. The van der Waals surface area contributed by atoms with Gasteiger partial charge in [-0.2, -0.15) is 5.10 Å². The van der Waals surface area contributed by atoms with Crippen LogP contribution in [0.4, 0.5) is 0 Å². The summed E-state index contributed by atoms with van der Waals surface area (Å²) in [6.45, 7) is 4.96. The number of nitrogens with one attached hydrogen (secondary N) is 2. The molecule has 0 amide bonds. The van der Waals surface area contributed by atoms with Gasteiger partial charge in [-0.3, -0.25) is 4.79 Å². The largest absolute Gasteiger partial charge is 0.308 e. The maximum absolute atomic E-state index is 11.5. The van der Waals surface area contributed by atoms with E-state index in [1.54, 1.807) is 12.1 Å². The standard InChI is InChI=1S/C12H13N3O/c1-2-7-13-8-11-9-5-3-4-6-10(9)12(16)15-14-11/h2-6,13H,1,7-8H2,(H,15,16). The third-order valence-corrected chi connectivity index (χ3v) is 2.36. The molecule has 2 aromatic rings. The molecular weight excluding hydrogens is 202 g/mol. The fraction of sp³-hybridized carbons (Fsp3) is 0.167. The van der Waals surface area contributed by atoms with Crippen molar-refractivity contribution in [2.45, 2.75) is 6.54 Å². The van der Waals surface area contributed by atoms with Gasteiger partial charge in [0.15, 0.2) is 0 Å². The summed E-state index contributed by atoms with van der Waals surface area (Å²) >= 11 is 0. The number of aromatic amines is 1. The van der Waals surface area contributed by atoms with Crippen molar-refractivity contribution in [3.63, 3.8) is 0 Å². The predicted molar refractivity (Wildman–Crippen MR) is 64.3 cm³/mol. The number of benzene rings is 1. The van der Waals surface area contributed by atoms with E-state index in [0.29, 0.717) is 11.9 Å². The van der Waals surface area contributed by atoms with Gasteiger partial charge < -0.3 is 5.32 Å². The minimum Gasteiger partial charge on any atom is -0.308 e. The number of H-pyrrole nitrogens is 1. The first kappa shape index (κ1) is 10.6. The normalized spacial score (nSPS) is 10.5. The monoisotopic (exact) mass is 215 g/mol. The molecule has 0 fully saturated rings. The van der Waals surface area contributed by atoms with Gasteiger partial charge in [0.05, 0.1) is 11.1 Å². The SMILES string of the molecule is C=CCNCc1n[nH]c(=O)c2ccccc12. The Labute approximate surface area is 93.0 Å². The Morgan fingerprint density at radius 1 is 1.38 bits per heavy atom. The summed E-state index contributed by atoms with van der Waals surface area (Å²) in [6, 6.07) is 7.45. The summed E-state index contributed by atoms with van der Waals surface area (Å²) < 4.78 is 0. The van der Waals surface area contributed by atoms with Gasteiger partial charge in [-0.05, 0) is 6.07 Å². The molecule has 2 N–H and O–H groups in total. The fourth-order valence-corrected chi connectivity index (χ4v) is 1.60. The van der Waals surface area contributed by atoms with Crippen molar-refractivity contribution < 1.29 is 0 Å². The summed E-state index contributed by atoms with van der Waals surface area (Å²) in [7, 11) is 0. The van der Waals surface area contributed by atoms with E-state index in [-0.39, 0.29) is 5.56 Å². The Morgan fingerprint density at radius 2 is 2.12 bits per heavy atom. The fourth-order valence-electron chi connectivity index (χ4n) is 1.60. The smallest absolute Gasteiger partial charge is 0.272 e. The van der Waals surface area contributed by atoms with E-state index >= 15 is 0 Å². The molecule has 0 saturated heterocycles. The zero-order chi connectivity index (χ0) is 11.4. The highest BCUT2D eigenvalue weighted by atomic mass is 16.1.